The predicted octanol–water partition coefficient (Wildman–Crippen LogP) is 1.88. The van der Waals surface area contributed by atoms with Crippen LogP contribution < -0.4 is 10.8 Å². The Kier molecular flexibility index (Phi) is 5.38. The Balaban J connectivity index is 1.98. The lowest BCUT2D eigenvalue weighted by atomic mass is 9.80. The van der Waals surface area contributed by atoms with Crippen molar-refractivity contribution in [1.29, 1.82) is 0 Å². The van der Waals surface area contributed by atoms with Crippen LogP contribution in [-0.4, -0.2) is 23.3 Å². The molecule has 0 saturated heterocycles. The van der Waals surface area contributed by atoms with Crippen molar-refractivity contribution in [2.75, 3.05) is 5.32 Å². The maximum atomic E-state index is 11.7. The Morgan fingerprint density at radius 3 is 2.57 bits per heavy atom. The zero-order valence-corrected chi connectivity index (χ0v) is 12.6. The highest BCUT2D eigenvalue weighted by molar-refractivity contribution is 9.10. The number of hydrogen-bond acceptors (Lipinski definition) is 4. The van der Waals surface area contributed by atoms with Crippen molar-refractivity contribution in [3.8, 4) is 0 Å². The first-order valence-corrected chi connectivity index (χ1v) is 6.99. The van der Waals surface area contributed by atoms with Crippen LogP contribution in [0.3, 0.4) is 0 Å². The molecule has 0 aliphatic heterocycles. The van der Waals surface area contributed by atoms with Gasteiger partial charge in [-0.15, -0.1) is 0 Å². The van der Waals surface area contributed by atoms with E-state index in [-0.39, 0.29) is 12.1 Å². The van der Waals surface area contributed by atoms with Crippen molar-refractivity contribution >= 4 is 40.3 Å². The van der Waals surface area contributed by atoms with Crippen molar-refractivity contribution in [1.82, 2.24) is 0 Å². The maximum absolute atomic E-state index is 11.7. The minimum Gasteiger partial charge on any atom is -0.444 e. The van der Waals surface area contributed by atoms with Gasteiger partial charge in [-0.1, -0.05) is 36.4 Å². The topological polar surface area (TPSA) is 78.8 Å². The molecule has 0 saturated carbocycles. The van der Waals surface area contributed by atoms with Gasteiger partial charge in [-0.25, -0.2) is 4.79 Å². The van der Waals surface area contributed by atoms with E-state index in [1.807, 2.05) is 30.3 Å². The molecule has 2 aromatic carbocycles. The number of hydrogen-bond donors (Lipinski definition) is 3. The van der Waals surface area contributed by atoms with E-state index >= 15 is 0 Å². The van der Waals surface area contributed by atoms with Crippen LogP contribution >= 0.6 is 15.9 Å². The first kappa shape index (κ1) is 15.6. The van der Waals surface area contributed by atoms with Gasteiger partial charge in [0.15, 0.2) is 0 Å². The van der Waals surface area contributed by atoms with Gasteiger partial charge >= 0.3 is 13.2 Å². The molecule has 0 aliphatic rings. The van der Waals surface area contributed by atoms with Gasteiger partial charge in [-0.2, -0.15) is 0 Å². The van der Waals surface area contributed by atoms with Gasteiger partial charge in [-0.3, -0.25) is 5.32 Å². The normalized spacial score (nSPS) is 10.0. The Bertz CT molecular complexity index is 622. The molecule has 0 fully saturated rings. The van der Waals surface area contributed by atoms with Gasteiger partial charge < -0.3 is 14.8 Å². The number of rotatable bonds is 4. The quantitative estimate of drug-likeness (QED) is 0.736. The van der Waals surface area contributed by atoms with E-state index in [2.05, 4.69) is 21.2 Å². The van der Waals surface area contributed by atoms with Crippen LogP contribution in [0.15, 0.2) is 53.0 Å². The van der Waals surface area contributed by atoms with Gasteiger partial charge in [0.05, 0.1) is 5.69 Å². The summed E-state index contributed by atoms with van der Waals surface area (Å²) < 4.78 is 5.71. The minimum absolute atomic E-state index is 0.159. The van der Waals surface area contributed by atoms with Crippen molar-refractivity contribution in [2.24, 2.45) is 0 Å². The first-order valence-electron chi connectivity index (χ1n) is 6.19. The molecule has 0 atom stereocenters. The smallest absolute Gasteiger partial charge is 0.444 e. The van der Waals surface area contributed by atoms with Crippen molar-refractivity contribution in [3.05, 3.63) is 58.6 Å². The van der Waals surface area contributed by atoms with Gasteiger partial charge in [0, 0.05) is 4.47 Å². The maximum Gasteiger partial charge on any atom is 0.488 e. The number of carbonyl (C=O) groups is 1. The fraction of sp³-hybridized carbons (Fsp3) is 0.0714. The van der Waals surface area contributed by atoms with E-state index in [0.717, 1.165) is 5.56 Å². The Labute approximate surface area is 130 Å². The van der Waals surface area contributed by atoms with Crippen LogP contribution in [0.25, 0.3) is 0 Å². The highest BCUT2D eigenvalue weighted by atomic mass is 79.9. The second-order valence-electron chi connectivity index (χ2n) is 4.30. The monoisotopic (exact) mass is 349 g/mol. The molecule has 1 amide bonds. The van der Waals surface area contributed by atoms with E-state index in [0.29, 0.717) is 10.2 Å². The lowest BCUT2D eigenvalue weighted by Gasteiger charge is -2.10. The zero-order valence-electron chi connectivity index (χ0n) is 11.0. The van der Waals surface area contributed by atoms with Gasteiger partial charge in [0.2, 0.25) is 0 Å². The summed E-state index contributed by atoms with van der Waals surface area (Å²) in [5, 5.41) is 20.8. The molecule has 21 heavy (non-hydrogen) atoms. The standard InChI is InChI=1S/C14H13BBrNO4/c16-12-7-6-11(15(19)20)8-13(12)17-14(18)21-9-10-4-2-1-3-5-10/h1-8,19-20H,9H2,(H,17,18). The summed E-state index contributed by atoms with van der Waals surface area (Å²) >= 11 is 3.27. The second kappa shape index (κ2) is 7.26. The van der Waals surface area contributed by atoms with E-state index in [9.17, 15) is 4.79 Å². The molecule has 2 rings (SSSR count). The highest BCUT2D eigenvalue weighted by Gasteiger charge is 2.14. The Morgan fingerprint density at radius 2 is 1.90 bits per heavy atom. The molecule has 108 valence electrons. The van der Waals surface area contributed by atoms with Gasteiger partial charge in [0.1, 0.15) is 6.61 Å². The molecular formula is C14H13BBrNO4. The minimum atomic E-state index is -1.60. The van der Waals surface area contributed by atoms with E-state index in [1.54, 1.807) is 6.07 Å². The lowest BCUT2D eigenvalue weighted by Crippen LogP contribution is -2.30. The first-order chi connectivity index (χ1) is 10.1. The van der Waals surface area contributed by atoms with Crippen LogP contribution in [0, 0.1) is 0 Å². The molecule has 0 unspecified atom stereocenters. The SMILES string of the molecule is O=C(Nc1cc(B(O)O)ccc1Br)OCc1ccccc1. The number of anilines is 1. The third-order valence-corrected chi connectivity index (χ3v) is 3.43. The van der Waals surface area contributed by atoms with Crippen LogP contribution in [0.5, 0.6) is 0 Å². The Hall–Kier alpha value is -1.83. The molecule has 0 spiro atoms. The molecule has 5 nitrogen and oxygen atoms in total. The van der Waals surface area contributed by atoms with Gasteiger partial charge in [-0.05, 0) is 39.1 Å². The Morgan fingerprint density at radius 1 is 1.19 bits per heavy atom. The molecule has 3 N–H and O–H groups in total. The predicted molar refractivity (Wildman–Crippen MR) is 84.2 cm³/mol. The summed E-state index contributed by atoms with van der Waals surface area (Å²) in [5.41, 5.74) is 1.56. The second-order valence-corrected chi connectivity index (χ2v) is 5.15. The molecule has 0 aliphatic carbocycles. The molecule has 7 heteroatoms. The summed E-state index contributed by atoms with van der Waals surface area (Å²) in [5.74, 6) is 0. The summed E-state index contributed by atoms with van der Waals surface area (Å²) in [6, 6.07) is 13.9. The zero-order chi connectivity index (χ0) is 15.2. The lowest BCUT2D eigenvalue weighted by molar-refractivity contribution is 0.155. The largest absolute Gasteiger partial charge is 0.488 e. The van der Waals surface area contributed by atoms with Crippen LogP contribution in [0.2, 0.25) is 0 Å². The number of carbonyl (C=O) groups excluding carboxylic acids is 1. The summed E-state index contributed by atoms with van der Waals surface area (Å²) in [4.78, 5) is 11.7. The van der Waals surface area contributed by atoms with Gasteiger partial charge in [0.25, 0.3) is 0 Å². The molecule has 2 aromatic rings. The molecule has 0 bridgehead atoms. The van der Waals surface area contributed by atoms with E-state index in [4.69, 9.17) is 14.8 Å². The van der Waals surface area contributed by atoms with E-state index < -0.39 is 13.2 Å². The average molecular weight is 350 g/mol. The van der Waals surface area contributed by atoms with Crippen molar-refractivity contribution in [2.45, 2.75) is 6.61 Å². The molecule has 0 aromatic heterocycles. The van der Waals surface area contributed by atoms with Crippen LogP contribution in [-0.2, 0) is 11.3 Å². The van der Waals surface area contributed by atoms with Crippen molar-refractivity contribution in [3.63, 3.8) is 0 Å². The fourth-order valence-electron chi connectivity index (χ4n) is 1.67. The molecular weight excluding hydrogens is 337 g/mol. The van der Waals surface area contributed by atoms with Crippen LogP contribution in [0.1, 0.15) is 5.56 Å². The number of ether oxygens (including phenoxy) is 1. The average Bonchev–Trinajstić information content (AvgIpc) is 2.48. The molecule has 0 heterocycles. The number of halogens is 1. The number of amides is 1. The third-order valence-electron chi connectivity index (χ3n) is 2.74. The fourth-order valence-corrected chi connectivity index (χ4v) is 2.01. The van der Waals surface area contributed by atoms with Crippen molar-refractivity contribution < 1.29 is 19.6 Å². The highest BCUT2D eigenvalue weighted by Crippen LogP contribution is 2.20. The third kappa shape index (κ3) is 4.59. The summed E-state index contributed by atoms with van der Waals surface area (Å²) in [7, 11) is -1.60. The van der Waals surface area contributed by atoms with Crippen LogP contribution in [0.4, 0.5) is 10.5 Å². The summed E-state index contributed by atoms with van der Waals surface area (Å²) in [6.07, 6.45) is -0.621. The number of nitrogens with one attached hydrogen (secondary N) is 1. The molecule has 0 radical (unpaired) electrons. The van der Waals surface area contributed by atoms with E-state index in [1.165, 1.54) is 12.1 Å². The summed E-state index contributed by atoms with van der Waals surface area (Å²) in [6.45, 7) is 0.159. The number of benzene rings is 2.